The lowest BCUT2D eigenvalue weighted by atomic mass is 9.33. The fourth-order valence-corrected chi connectivity index (χ4v) is 17.6. The summed E-state index contributed by atoms with van der Waals surface area (Å²) in [6.45, 7) is -0.379. The topological polar surface area (TPSA) is 45.9 Å². The Labute approximate surface area is 624 Å². The van der Waals surface area contributed by atoms with E-state index in [1.165, 1.54) is 0 Å². The molecule has 22 rings (SSSR count). The van der Waals surface area contributed by atoms with E-state index < -0.39 is 0 Å². The van der Waals surface area contributed by atoms with Crippen molar-refractivity contribution in [3.8, 4) is 100 Å². The summed E-state index contributed by atoms with van der Waals surface area (Å²) in [4.78, 5) is 5.33. The SMILES string of the molecule is c1ccc(-c2cc(-c3ccccc3)c(N3c4ccc(-c5cccc6oc7ccccc7c56)cc4B4c5cc(-c6cccc7oc8ccccc8c67)ccc5N(c5c(-c6ccccc6)cc(-c6ccccc6)cc5-c5ccccc5)c5cc(-c6ccc7oc8ccccc8c7c6)cc3c54)c(-c3ccccc3)c2)cc1. The Kier molecular flexibility index (Phi) is 14.0. The number of nitrogens with zero attached hydrogens (tertiary/aromatic N) is 2. The molecule has 0 saturated carbocycles. The summed E-state index contributed by atoms with van der Waals surface area (Å²) >= 11 is 0. The summed E-state index contributed by atoms with van der Waals surface area (Å²) in [6, 6.07) is 141. The maximum absolute atomic E-state index is 6.75. The Bertz CT molecular complexity index is 6500. The molecule has 5 nitrogen and oxygen atoms in total. The van der Waals surface area contributed by atoms with Gasteiger partial charge in [0.1, 0.15) is 33.5 Å². The van der Waals surface area contributed by atoms with Gasteiger partial charge in [-0.1, -0.05) is 291 Å². The highest BCUT2D eigenvalue weighted by molar-refractivity contribution is 7.00. The van der Waals surface area contributed by atoms with Crippen molar-refractivity contribution in [2.45, 2.75) is 0 Å². The molecular weight excluding hydrogens is 1310 g/mol. The minimum absolute atomic E-state index is 0.379. The highest BCUT2D eigenvalue weighted by Gasteiger charge is 2.46. The van der Waals surface area contributed by atoms with Crippen LogP contribution in [-0.2, 0) is 0 Å². The third kappa shape index (κ3) is 9.81. The van der Waals surface area contributed by atoms with Gasteiger partial charge in [-0.05, 0) is 185 Å². The molecule has 0 saturated heterocycles. The van der Waals surface area contributed by atoms with Crippen molar-refractivity contribution in [3.63, 3.8) is 0 Å². The maximum atomic E-state index is 6.75. The Morgan fingerprint density at radius 2 is 0.509 bits per heavy atom. The summed E-state index contributed by atoms with van der Waals surface area (Å²) in [5.41, 5.74) is 34.7. The van der Waals surface area contributed by atoms with E-state index in [1.54, 1.807) is 0 Å². The molecule has 17 aromatic carbocycles. The van der Waals surface area contributed by atoms with Gasteiger partial charge in [-0.2, -0.15) is 0 Å². The predicted molar refractivity (Wildman–Crippen MR) is 451 cm³/mol. The molecule has 0 aliphatic carbocycles. The first-order chi connectivity index (χ1) is 53.6. The number of para-hydroxylation sites is 3. The van der Waals surface area contributed by atoms with E-state index >= 15 is 0 Å². The largest absolute Gasteiger partial charge is 0.456 e. The Balaban J connectivity index is 0.935. The van der Waals surface area contributed by atoms with E-state index in [1.807, 2.05) is 0 Å². The van der Waals surface area contributed by atoms with Crippen LogP contribution < -0.4 is 26.2 Å². The van der Waals surface area contributed by atoms with E-state index in [0.717, 1.165) is 216 Å². The average molecular weight is 1380 g/mol. The molecular formula is C102H63BN2O3. The van der Waals surface area contributed by atoms with Gasteiger partial charge in [-0.15, -0.1) is 0 Å². The first-order valence-electron chi connectivity index (χ1n) is 37.0. The molecule has 108 heavy (non-hydrogen) atoms. The molecule has 0 atom stereocenters. The van der Waals surface area contributed by atoms with Crippen molar-refractivity contribution in [2.75, 3.05) is 9.80 Å². The van der Waals surface area contributed by atoms with Crippen LogP contribution in [-0.4, -0.2) is 6.71 Å². The van der Waals surface area contributed by atoms with E-state index in [4.69, 9.17) is 13.3 Å². The minimum Gasteiger partial charge on any atom is -0.456 e. The zero-order chi connectivity index (χ0) is 70.9. The lowest BCUT2D eigenvalue weighted by Crippen LogP contribution is -2.61. The lowest BCUT2D eigenvalue weighted by Gasteiger charge is -2.46. The molecule has 0 radical (unpaired) electrons. The van der Waals surface area contributed by atoms with Crippen LogP contribution in [0.3, 0.4) is 0 Å². The average Bonchev–Trinajstić information content (AvgIpc) is 0.736. The van der Waals surface area contributed by atoms with E-state index in [2.05, 4.69) is 392 Å². The van der Waals surface area contributed by atoms with Gasteiger partial charge in [0.05, 0.1) is 11.4 Å². The van der Waals surface area contributed by atoms with Crippen molar-refractivity contribution < 1.29 is 13.3 Å². The van der Waals surface area contributed by atoms with Gasteiger partial charge < -0.3 is 23.1 Å². The summed E-state index contributed by atoms with van der Waals surface area (Å²) < 4.78 is 20.2. The first kappa shape index (κ1) is 61.3. The van der Waals surface area contributed by atoms with Gasteiger partial charge in [-0.3, -0.25) is 0 Å². The Hall–Kier alpha value is -14.2. The molecule has 3 aromatic heterocycles. The summed E-state index contributed by atoms with van der Waals surface area (Å²) in [7, 11) is 0. The third-order valence-corrected chi connectivity index (χ3v) is 22.4. The van der Waals surface area contributed by atoms with Crippen LogP contribution in [0.2, 0.25) is 0 Å². The van der Waals surface area contributed by atoms with Crippen molar-refractivity contribution in [3.05, 3.63) is 382 Å². The van der Waals surface area contributed by atoms with Crippen LogP contribution in [0.5, 0.6) is 0 Å². The number of hydrogen-bond acceptors (Lipinski definition) is 5. The summed E-state index contributed by atoms with van der Waals surface area (Å²) in [5, 5.41) is 6.45. The second-order valence-electron chi connectivity index (χ2n) is 28.5. The summed E-state index contributed by atoms with van der Waals surface area (Å²) in [5.74, 6) is 0. The molecule has 2 aliphatic rings. The monoisotopic (exact) mass is 1370 g/mol. The normalized spacial score (nSPS) is 12.4. The van der Waals surface area contributed by atoms with Crippen LogP contribution in [0.1, 0.15) is 0 Å². The highest BCUT2D eigenvalue weighted by atomic mass is 16.3. The van der Waals surface area contributed by atoms with Gasteiger partial charge in [0.15, 0.2) is 0 Å². The Morgan fingerprint density at radius 1 is 0.185 bits per heavy atom. The van der Waals surface area contributed by atoms with Crippen molar-refractivity contribution in [2.24, 2.45) is 0 Å². The molecule has 0 fully saturated rings. The van der Waals surface area contributed by atoms with Crippen LogP contribution in [0, 0.1) is 0 Å². The fraction of sp³-hybridized carbons (Fsp3) is 0. The second-order valence-corrected chi connectivity index (χ2v) is 28.5. The fourth-order valence-electron chi connectivity index (χ4n) is 17.6. The number of furan rings is 3. The third-order valence-electron chi connectivity index (χ3n) is 22.4. The molecule has 502 valence electrons. The van der Waals surface area contributed by atoms with Gasteiger partial charge in [-0.25, -0.2) is 0 Å². The van der Waals surface area contributed by atoms with Crippen molar-refractivity contribution in [1.82, 2.24) is 0 Å². The number of fused-ring (bicyclic) bond motifs is 13. The van der Waals surface area contributed by atoms with Gasteiger partial charge in [0.25, 0.3) is 6.71 Å². The van der Waals surface area contributed by atoms with Gasteiger partial charge in [0.2, 0.25) is 0 Å². The quantitative estimate of drug-likeness (QED) is 0.121. The smallest absolute Gasteiger partial charge is 0.252 e. The number of rotatable bonds is 11. The lowest BCUT2D eigenvalue weighted by molar-refractivity contribution is 0.668. The number of hydrogen-bond donors (Lipinski definition) is 0. The highest BCUT2D eigenvalue weighted by Crippen LogP contribution is 2.56. The number of anilines is 6. The molecule has 5 heterocycles. The van der Waals surface area contributed by atoms with Crippen LogP contribution in [0.15, 0.2) is 395 Å². The molecule has 0 amide bonds. The maximum Gasteiger partial charge on any atom is 0.252 e. The Morgan fingerprint density at radius 3 is 0.926 bits per heavy atom. The molecule has 2 aliphatic heterocycles. The molecule has 0 N–H and O–H groups in total. The zero-order valence-corrected chi connectivity index (χ0v) is 58.6. The molecule has 6 heteroatoms. The minimum atomic E-state index is -0.379. The van der Waals surface area contributed by atoms with Crippen molar-refractivity contribution in [1.29, 1.82) is 0 Å². The van der Waals surface area contributed by atoms with E-state index in [0.29, 0.717) is 0 Å². The zero-order valence-electron chi connectivity index (χ0n) is 58.6. The predicted octanol–water partition coefficient (Wildman–Crippen LogP) is 26.5. The standard InChI is InChI=1S/C102H63BN2O3/c1-7-27-64(28-8-1)73-56-81(66-31-11-3-12-32-66)101(82(57-73)67-33-13-4-14-34-67)104-88-52-49-71(76-42-25-47-96-98(76)79-40-20-23-45-93(79)107-96)60-86(88)103-87-61-72(77-43-26-48-97-99(77)80-41-21-24-46-94(80)108-97)50-53-89(87)105(91-63-75(62-90(104)100(91)103)70-51-54-95-85(55-70)78-39-19-22-44-92(78)106-95)102-83(68-35-15-5-16-36-68)58-74(65-29-9-2-10-30-65)59-84(102)69-37-17-6-18-38-69/h1-63H. The van der Waals surface area contributed by atoms with E-state index in [9.17, 15) is 0 Å². The number of benzene rings is 17. The van der Waals surface area contributed by atoms with Gasteiger partial charge in [0, 0.05) is 77.3 Å². The molecule has 0 spiro atoms. The van der Waals surface area contributed by atoms with Crippen LogP contribution in [0.4, 0.5) is 34.1 Å². The molecule has 20 aromatic rings. The first-order valence-corrected chi connectivity index (χ1v) is 37.0. The van der Waals surface area contributed by atoms with Crippen LogP contribution in [0.25, 0.3) is 166 Å². The summed E-state index contributed by atoms with van der Waals surface area (Å²) in [6.07, 6.45) is 0. The van der Waals surface area contributed by atoms with Crippen LogP contribution >= 0.6 is 0 Å². The molecule has 0 bridgehead atoms. The van der Waals surface area contributed by atoms with E-state index in [-0.39, 0.29) is 6.71 Å². The van der Waals surface area contributed by atoms with Crippen molar-refractivity contribution >= 4 is 123 Å². The van der Waals surface area contributed by atoms with Gasteiger partial charge >= 0.3 is 0 Å². The molecule has 0 unspecified atom stereocenters. The second kappa shape index (κ2) is 24.7.